The van der Waals surface area contributed by atoms with E-state index in [2.05, 4.69) is 5.10 Å². The Morgan fingerprint density at radius 3 is 2.72 bits per heavy atom. The van der Waals surface area contributed by atoms with Crippen LogP contribution in [0.1, 0.15) is 31.0 Å². The van der Waals surface area contributed by atoms with E-state index in [0.717, 1.165) is 11.3 Å². The SMILES string of the molecule is CC(C)c1c(CO)cnn1-c1ccc(Cl)c(F)c1. The Kier molecular flexibility index (Phi) is 3.68. The lowest BCUT2D eigenvalue weighted by molar-refractivity contribution is 0.280. The molecule has 0 amide bonds. The highest BCUT2D eigenvalue weighted by Crippen LogP contribution is 2.25. The number of hydrogen-bond donors (Lipinski definition) is 1. The van der Waals surface area contributed by atoms with Crippen LogP contribution in [0.5, 0.6) is 0 Å². The van der Waals surface area contributed by atoms with Gasteiger partial charge in [0.2, 0.25) is 0 Å². The van der Waals surface area contributed by atoms with Crippen LogP contribution < -0.4 is 0 Å². The van der Waals surface area contributed by atoms with Crippen molar-refractivity contribution in [3.05, 3.63) is 46.5 Å². The summed E-state index contributed by atoms with van der Waals surface area (Å²) in [5, 5.41) is 13.6. The predicted molar refractivity (Wildman–Crippen MR) is 68.5 cm³/mol. The van der Waals surface area contributed by atoms with Gasteiger partial charge in [-0.2, -0.15) is 5.10 Å². The number of aliphatic hydroxyl groups excluding tert-OH is 1. The molecule has 18 heavy (non-hydrogen) atoms. The molecule has 0 fully saturated rings. The van der Waals surface area contributed by atoms with Crippen LogP contribution in [0.25, 0.3) is 5.69 Å². The molecule has 0 spiro atoms. The summed E-state index contributed by atoms with van der Waals surface area (Å²) in [5.41, 5.74) is 2.22. The van der Waals surface area contributed by atoms with Crippen molar-refractivity contribution in [1.82, 2.24) is 9.78 Å². The zero-order valence-corrected chi connectivity index (χ0v) is 10.9. The first-order chi connectivity index (χ1) is 8.54. The molecule has 0 aliphatic heterocycles. The van der Waals surface area contributed by atoms with Gasteiger partial charge in [-0.1, -0.05) is 25.4 Å². The number of benzene rings is 1. The van der Waals surface area contributed by atoms with Gasteiger partial charge in [-0.05, 0) is 18.1 Å². The lowest BCUT2D eigenvalue weighted by Crippen LogP contribution is -2.06. The van der Waals surface area contributed by atoms with E-state index in [1.165, 1.54) is 12.1 Å². The fourth-order valence-electron chi connectivity index (χ4n) is 1.95. The number of aliphatic hydroxyl groups is 1. The molecule has 1 aromatic heterocycles. The maximum absolute atomic E-state index is 13.5. The highest BCUT2D eigenvalue weighted by molar-refractivity contribution is 6.30. The van der Waals surface area contributed by atoms with Gasteiger partial charge in [0.1, 0.15) is 5.82 Å². The molecule has 0 saturated carbocycles. The van der Waals surface area contributed by atoms with Gasteiger partial charge < -0.3 is 5.11 Å². The Hall–Kier alpha value is -1.39. The summed E-state index contributed by atoms with van der Waals surface area (Å²) in [6.45, 7) is 3.92. The molecule has 0 unspecified atom stereocenters. The van der Waals surface area contributed by atoms with E-state index < -0.39 is 5.82 Å². The summed E-state index contributed by atoms with van der Waals surface area (Å²) in [6.07, 6.45) is 1.60. The van der Waals surface area contributed by atoms with Crippen LogP contribution in [0.2, 0.25) is 5.02 Å². The van der Waals surface area contributed by atoms with E-state index in [9.17, 15) is 9.50 Å². The van der Waals surface area contributed by atoms with Crippen LogP contribution in [0.3, 0.4) is 0 Å². The molecule has 1 heterocycles. The van der Waals surface area contributed by atoms with Crippen LogP contribution >= 0.6 is 11.6 Å². The Morgan fingerprint density at radius 1 is 1.44 bits per heavy atom. The average molecular weight is 269 g/mol. The molecule has 0 bridgehead atoms. The van der Waals surface area contributed by atoms with Gasteiger partial charge in [0.15, 0.2) is 0 Å². The lowest BCUT2D eigenvalue weighted by atomic mass is 10.1. The molecular weight excluding hydrogens is 255 g/mol. The number of hydrogen-bond acceptors (Lipinski definition) is 2. The van der Waals surface area contributed by atoms with Crippen molar-refractivity contribution in [1.29, 1.82) is 0 Å². The molecule has 5 heteroatoms. The average Bonchev–Trinajstić information content (AvgIpc) is 2.76. The highest BCUT2D eigenvalue weighted by Gasteiger charge is 2.15. The van der Waals surface area contributed by atoms with E-state index in [-0.39, 0.29) is 17.5 Å². The van der Waals surface area contributed by atoms with Crippen LogP contribution in [0, 0.1) is 5.82 Å². The molecule has 3 nitrogen and oxygen atoms in total. The molecule has 0 aliphatic rings. The van der Waals surface area contributed by atoms with Gasteiger partial charge in [-0.25, -0.2) is 9.07 Å². The lowest BCUT2D eigenvalue weighted by Gasteiger charge is -2.12. The van der Waals surface area contributed by atoms with E-state index in [1.807, 2.05) is 13.8 Å². The third kappa shape index (κ3) is 2.26. The van der Waals surface area contributed by atoms with Gasteiger partial charge in [0.25, 0.3) is 0 Å². The molecule has 0 atom stereocenters. The summed E-state index contributed by atoms with van der Waals surface area (Å²) < 4.78 is 15.1. The molecule has 0 saturated heterocycles. The van der Waals surface area contributed by atoms with E-state index in [4.69, 9.17) is 11.6 Å². The third-order valence-electron chi connectivity index (χ3n) is 2.75. The monoisotopic (exact) mass is 268 g/mol. The fraction of sp³-hybridized carbons (Fsp3) is 0.308. The summed E-state index contributed by atoms with van der Waals surface area (Å²) in [6, 6.07) is 4.53. The predicted octanol–water partition coefficient (Wildman–Crippen LogP) is 3.28. The topological polar surface area (TPSA) is 38.1 Å². The van der Waals surface area contributed by atoms with E-state index >= 15 is 0 Å². The second-order valence-corrected chi connectivity index (χ2v) is 4.79. The fourth-order valence-corrected chi connectivity index (χ4v) is 2.07. The van der Waals surface area contributed by atoms with Crippen molar-refractivity contribution in [2.75, 3.05) is 0 Å². The van der Waals surface area contributed by atoms with Gasteiger partial charge in [-0.3, -0.25) is 0 Å². The molecule has 1 N–H and O–H groups in total. The Morgan fingerprint density at radius 2 is 2.17 bits per heavy atom. The molecule has 0 radical (unpaired) electrons. The number of aromatic nitrogens is 2. The normalized spacial score (nSPS) is 11.2. The quantitative estimate of drug-likeness (QED) is 0.928. The third-order valence-corrected chi connectivity index (χ3v) is 3.06. The number of nitrogens with zero attached hydrogens (tertiary/aromatic N) is 2. The second-order valence-electron chi connectivity index (χ2n) is 4.38. The molecule has 1 aromatic carbocycles. The van der Waals surface area contributed by atoms with Gasteiger partial charge in [0.05, 0.1) is 29.2 Å². The summed E-state index contributed by atoms with van der Waals surface area (Å²) in [5.74, 6) is -0.307. The number of halogens is 2. The van der Waals surface area contributed by atoms with Crippen molar-refractivity contribution in [2.24, 2.45) is 0 Å². The maximum atomic E-state index is 13.5. The first-order valence-corrected chi connectivity index (χ1v) is 6.05. The van der Waals surface area contributed by atoms with Crippen LogP contribution in [-0.2, 0) is 6.61 Å². The zero-order chi connectivity index (χ0) is 13.3. The smallest absolute Gasteiger partial charge is 0.143 e. The van der Waals surface area contributed by atoms with Crippen LogP contribution in [0.4, 0.5) is 4.39 Å². The van der Waals surface area contributed by atoms with Gasteiger partial charge in [0, 0.05) is 11.6 Å². The minimum absolute atomic E-state index is 0.0798. The van der Waals surface area contributed by atoms with Crippen molar-refractivity contribution in [3.8, 4) is 5.69 Å². The molecule has 96 valence electrons. The largest absolute Gasteiger partial charge is 0.392 e. The van der Waals surface area contributed by atoms with E-state index in [1.54, 1.807) is 16.9 Å². The van der Waals surface area contributed by atoms with Crippen molar-refractivity contribution in [3.63, 3.8) is 0 Å². The summed E-state index contributed by atoms with van der Waals surface area (Å²) in [7, 11) is 0. The highest BCUT2D eigenvalue weighted by atomic mass is 35.5. The Bertz CT molecular complexity index is 566. The summed E-state index contributed by atoms with van der Waals surface area (Å²) in [4.78, 5) is 0. The maximum Gasteiger partial charge on any atom is 0.143 e. The number of rotatable bonds is 3. The summed E-state index contributed by atoms with van der Waals surface area (Å²) >= 11 is 5.66. The van der Waals surface area contributed by atoms with Crippen molar-refractivity contribution in [2.45, 2.75) is 26.4 Å². The second kappa shape index (κ2) is 5.08. The van der Waals surface area contributed by atoms with Crippen LogP contribution in [-0.4, -0.2) is 14.9 Å². The Balaban J connectivity index is 2.56. The standard InChI is InChI=1S/C13H14ClFN2O/c1-8(2)13-9(7-18)6-16-17(13)10-3-4-11(14)12(15)5-10/h3-6,8,18H,7H2,1-2H3. The minimum Gasteiger partial charge on any atom is -0.392 e. The van der Waals surface area contributed by atoms with Crippen molar-refractivity contribution >= 4 is 11.6 Å². The van der Waals surface area contributed by atoms with Crippen LogP contribution in [0.15, 0.2) is 24.4 Å². The zero-order valence-electron chi connectivity index (χ0n) is 10.2. The Labute approximate surface area is 110 Å². The molecule has 2 aromatic rings. The molecular formula is C13H14ClFN2O. The van der Waals surface area contributed by atoms with Crippen molar-refractivity contribution < 1.29 is 9.50 Å². The first-order valence-electron chi connectivity index (χ1n) is 5.67. The first kappa shape index (κ1) is 13.1. The molecule has 0 aliphatic carbocycles. The van der Waals surface area contributed by atoms with Gasteiger partial charge in [-0.15, -0.1) is 0 Å². The minimum atomic E-state index is -0.482. The molecule has 2 rings (SSSR count). The van der Waals surface area contributed by atoms with E-state index in [0.29, 0.717) is 5.69 Å². The van der Waals surface area contributed by atoms with Gasteiger partial charge >= 0.3 is 0 Å².